The lowest BCUT2D eigenvalue weighted by molar-refractivity contribution is 0.435. The van der Waals surface area contributed by atoms with Crippen LogP contribution < -0.4 is 10.5 Å². The number of hydrogen-bond donors (Lipinski definition) is 1. The molecule has 94 valence electrons. The first-order valence-electron chi connectivity index (χ1n) is 5.81. The Kier molecular flexibility index (Phi) is 3.84. The zero-order chi connectivity index (χ0) is 13.0. The minimum absolute atomic E-state index is 0.0981. The monoisotopic (exact) mass is 244 g/mol. The van der Waals surface area contributed by atoms with Gasteiger partial charge in [0, 0.05) is 24.6 Å². The molecule has 0 spiro atoms. The molecule has 5 heteroatoms. The SMILES string of the molecule is Cc1ncccc1Oc1ncc(CC(C)N)cn1. The summed E-state index contributed by atoms with van der Waals surface area (Å²) in [4.78, 5) is 12.4. The zero-order valence-corrected chi connectivity index (χ0v) is 10.5. The van der Waals surface area contributed by atoms with Crippen LogP contribution in [0.25, 0.3) is 0 Å². The summed E-state index contributed by atoms with van der Waals surface area (Å²) >= 11 is 0. The summed E-state index contributed by atoms with van der Waals surface area (Å²) in [6.07, 6.45) is 5.94. The fraction of sp³-hybridized carbons (Fsp3) is 0.308. The molecular weight excluding hydrogens is 228 g/mol. The largest absolute Gasteiger partial charge is 0.422 e. The lowest BCUT2D eigenvalue weighted by atomic mass is 10.1. The van der Waals surface area contributed by atoms with Crippen LogP contribution in [0, 0.1) is 6.92 Å². The third-order valence-electron chi connectivity index (χ3n) is 2.40. The van der Waals surface area contributed by atoms with Crippen LogP contribution in [0.3, 0.4) is 0 Å². The minimum Gasteiger partial charge on any atom is -0.422 e. The van der Waals surface area contributed by atoms with Gasteiger partial charge in [-0.15, -0.1) is 0 Å². The van der Waals surface area contributed by atoms with E-state index in [9.17, 15) is 0 Å². The number of hydrogen-bond acceptors (Lipinski definition) is 5. The van der Waals surface area contributed by atoms with E-state index in [0.29, 0.717) is 11.8 Å². The highest BCUT2D eigenvalue weighted by molar-refractivity contribution is 5.28. The molecule has 0 aromatic carbocycles. The number of nitrogens with zero attached hydrogens (tertiary/aromatic N) is 3. The van der Waals surface area contributed by atoms with Crippen LogP contribution in [0.2, 0.25) is 0 Å². The van der Waals surface area contributed by atoms with Crippen molar-refractivity contribution in [3.63, 3.8) is 0 Å². The molecule has 2 aromatic heterocycles. The van der Waals surface area contributed by atoms with Crippen LogP contribution in [0.15, 0.2) is 30.7 Å². The van der Waals surface area contributed by atoms with Gasteiger partial charge in [0.15, 0.2) is 5.75 Å². The second-order valence-electron chi connectivity index (χ2n) is 4.24. The van der Waals surface area contributed by atoms with E-state index in [1.807, 2.05) is 26.0 Å². The van der Waals surface area contributed by atoms with Crippen LogP contribution in [0.5, 0.6) is 11.8 Å². The van der Waals surface area contributed by atoms with Crippen LogP contribution in [0.1, 0.15) is 18.2 Å². The van der Waals surface area contributed by atoms with Gasteiger partial charge in [-0.1, -0.05) is 0 Å². The second-order valence-corrected chi connectivity index (χ2v) is 4.24. The third-order valence-corrected chi connectivity index (χ3v) is 2.40. The van der Waals surface area contributed by atoms with E-state index in [1.54, 1.807) is 18.6 Å². The van der Waals surface area contributed by atoms with E-state index in [0.717, 1.165) is 17.7 Å². The fourth-order valence-electron chi connectivity index (χ4n) is 1.55. The molecule has 18 heavy (non-hydrogen) atoms. The maximum atomic E-state index is 5.71. The molecule has 0 amide bonds. The first kappa shape index (κ1) is 12.4. The highest BCUT2D eigenvalue weighted by atomic mass is 16.5. The molecule has 1 unspecified atom stereocenters. The van der Waals surface area contributed by atoms with Gasteiger partial charge in [0.2, 0.25) is 0 Å². The molecule has 2 heterocycles. The van der Waals surface area contributed by atoms with Gasteiger partial charge < -0.3 is 10.5 Å². The number of rotatable bonds is 4. The average Bonchev–Trinajstić information content (AvgIpc) is 2.34. The maximum absolute atomic E-state index is 5.71. The van der Waals surface area contributed by atoms with E-state index < -0.39 is 0 Å². The molecule has 0 saturated heterocycles. The van der Waals surface area contributed by atoms with Crippen molar-refractivity contribution in [3.8, 4) is 11.8 Å². The zero-order valence-electron chi connectivity index (χ0n) is 10.5. The second kappa shape index (κ2) is 5.55. The standard InChI is InChI=1S/C13H16N4O/c1-9(14)6-11-7-16-13(17-8-11)18-12-4-3-5-15-10(12)2/h3-5,7-9H,6,14H2,1-2H3. The fourth-order valence-corrected chi connectivity index (χ4v) is 1.55. The van der Waals surface area contributed by atoms with Crippen molar-refractivity contribution in [2.45, 2.75) is 26.3 Å². The molecule has 0 aliphatic heterocycles. The Morgan fingerprint density at radius 1 is 1.28 bits per heavy atom. The smallest absolute Gasteiger partial charge is 0.321 e. The number of nitrogens with two attached hydrogens (primary N) is 1. The molecule has 0 aliphatic carbocycles. The van der Waals surface area contributed by atoms with Crippen molar-refractivity contribution in [2.75, 3.05) is 0 Å². The van der Waals surface area contributed by atoms with Crippen LogP contribution in [-0.2, 0) is 6.42 Å². The number of aryl methyl sites for hydroxylation is 1. The van der Waals surface area contributed by atoms with Crippen molar-refractivity contribution in [2.24, 2.45) is 5.73 Å². The summed E-state index contributed by atoms with van der Waals surface area (Å²) in [6, 6.07) is 4.06. The van der Waals surface area contributed by atoms with E-state index >= 15 is 0 Å². The van der Waals surface area contributed by atoms with Crippen LogP contribution in [0.4, 0.5) is 0 Å². The molecule has 1 atom stereocenters. The normalized spacial score (nSPS) is 12.2. The molecule has 2 N–H and O–H groups in total. The Bertz CT molecular complexity index is 511. The van der Waals surface area contributed by atoms with Gasteiger partial charge in [-0.2, -0.15) is 0 Å². The van der Waals surface area contributed by atoms with Crippen molar-refractivity contribution >= 4 is 0 Å². The summed E-state index contributed by atoms with van der Waals surface area (Å²) in [6.45, 7) is 3.82. The third kappa shape index (κ3) is 3.24. The van der Waals surface area contributed by atoms with Gasteiger partial charge in [0.25, 0.3) is 0 Å². The van der Waals surface area contributed by atoms with Gasteiger partial charge in [0.1, 0.15) is 0 Å². The minimum atomic E-state index is 0.0981. The molecule has 0 aliphatic rings. The first-order valence-corrected chi connectivity index (χ1v) is 5.81. The maximum Gasteiger partial charge on any atom is 0.321 e. The molecular formula is C13H16N4O. The summed E-state index contributed by atoms with van der Waals surface area (Å²) in [5.74, 6) is 0.664. The van der Waals surface area contributed by atoms with Crippen molar-refractivity contribution in [1.29, 1.82) is 0 Å². The lowest BCUT2D eigenvalue weighted by Crippen LogP contribution is -2.17. The Morgan fingerprint density at radius 3 is 2.61 bits per heavy atom. The summed E-state index contributed by atoms with van der Waals surface area (Å²) in [5.41, 5.74) is 7.52. The predicted octanol–water partition coefficient (Wildman–Crippen LogP) is 1.86. The Balaban J connectivity index is 2.09. The van der Waals surface area contributed by atoms with Crippen LogP contribution >= 0.6 is 0 Å². The number of aromatic nitrogens is 3. The van der Waals surface area contributed by atoms with E-state index in [4.69, 9.17) is 10.5 Å². The summed E-state index contributed by atoms with van der Waals surface area (Å²) in [7, 11) is 0. The Labute approximate surface area is 106 Å². The van der Waals surface area contributed by atoms with E-state index in [1.165, 1.54) is 0 Å². The molecule has 0 fully saturated rings. The molecule has 0 bridgehead atoms. The highest BCUT2D eigenvalue weighted by Gasteiger charge is 2.05. The highest BCUT2D eigenvalue weighted by Crippen LogP contribution is 2.19. The van der Waals surface area contributed by atoms with Crippen LogP contribution in [-0.4, -0.2) is 21.0 Å². The van der Waals surface area contributed by atoms with Gasteiger partial charge in [-0.3, -0.25) is 4.98 Å². The number of ether oxygens (including phenoxy) is 1. The Hall–Kier alpha value is -2.01. The predicted molar refractivity (Wildman–Crippen MR) is 68.4 cm³/mol. The summed E-state index contributed by atoms with van der Waals surface area (Å²) < 4.78 is 5.55. The molecule has 0 saturated carbocycles. The molecule has 0 radical (unpaired) electrons. The quantitative estimate of drug-likeness (QED) is 0.888. The van der Waals surface area contributed by atoms with Crippen molar-refractivity contribution in [3.05, 3.63) is 42.0 Å². The topological polar surface area (TPSA) is 73.9 Å². The van der Waals surface area contributed by atoms with Crippen molar-refractivity contribution < 1.29 is 4.74 Å². The van der Waals surface area contributed by atoms with E-state index in [-0.39, 0.29) is 6.04 Å². The summed E-state index contributed by atoms with van der Waals surface area (Å²) in [5, 5.41) is 0. The van der Waals surface area contributed by atoms with Gasteiger partial charge in [-0.25, -0.2) is 9.97 Å². The van der Waals surface area contributed by atoms with Crippen molar-refractivity contribution in [1.82, 2.24) is 15.0 Å². The van der Waals surface area contributed by atoms with E-state index in [2.05, 4.69) is 15.0 Å². The molecule has 2 rings (SSSR count). The van der Waals surface area contributed by atoms with Gasteiger partial charge in [0.05, 0.1) is 5.69 Å². The molecule has 5 nitrogen and oxygen atoms in total. The first-order chi connectivity index (χ1) is 8.65. The average molecular weight is 244 g/mol. The van der Waals surface area contributed by atoms with Gasteiger partial charge >= 0.3 is 6.01 Å². The molecule has 2 aromatic rings. The Morgan fingerprint density at radius 2 is 2.00 bits per heavy atom. The van der Waals surface area contributed by atoms with Gasteiger partial charge in [-0.05, 0) is 38.0 Å². The number of pyridine rings is 1. The lowest BCUT2D eigenvalue weighted by Gasteiger charge is -2.07.